The van der Waals surface area contributed by atoms with Gasteiger partial charge in [-0.3, -0.25) is 0 Å². The zero-order valence-corrected chi connectivity index (χ0v) is 7.21. The van der Waals surface area contributed by atoms with Crippen molar-refractivity contribution in [2.75, 3.05) is 18.1 Å². The van der Waals surface area contributed by atoms with Gasteiger partial charge in [0.1, 0.15) is 0 Å². The van der Waals surface area contributed by atoms with Crippen molar-refractivity contribution in [2.24, 2.45) is 11.7 Å². The summed E-state index contributed by atoms with van der Waals surface area (Å²) in [5.41, 5.74) is 5.45. The predicted molar refractivity (Wildman–Crippen MR) is 45.8 cm³/mol. The largest absolute Gasteiger partial charge is 0.330 e. The molecule has 0 heterocycles. The first-order chi connectivity index (χ1) is 4.31. The highest BCUT2D eigenvalue weighted by Gasteiger charge is 1.96. The summed E-state index contributed by atoms with van der Waals surface area (Å²) in [7, 11) is 0. The highest BCUT2D eigenvalue weighted by molar-refractivity contribution is 7.99. The first-order valence-electron chi connectivity index (χ1n) is 3.59. The van der Waals surface area contributed by atoms with Crippen LogP contribution in [0.4, 0.5) is 0 Å². The number of hydrogen-bond donors (Lipinski definition) is 1. The Morgan fingerprint density at radius 2 is 2.22 bits per heavy atom. The predicted octanol–water partition coefficient (Wildman–Crippen LogP) is 1.72. The molecule has 0 amide bonds. The third-order valence-electron chi connectivity index (χ3n) is 1.36. The SMILES string of the molecule is CCSCCC(C)CN. The van der Waals surface area contributed by atoms with Crippen molar-refractivity contribution in [2.45, 2.75) is 20.3 Å². The van der Waals surface area contributed by atoms with Crippen molar-refractivity contribution in [3.63, 3.8) is 0 Å². The maximum atomic E-state index is 5.45. The Labute approximate surface area is 62.4 Å². The molecule has 0 radical (unpaired) electrons. The van der Waals surface area contributed by atoms with Crippen LogP contribution in [0, 0.1) is 5.92 Å². The van der Waals surface area contributed by atoms with E-state index in [0.717, 1.165) is 6.54 Å². The van der Waals surface area contributed by atoms with Crippen LogP contribution in [0.5, 0.6) is 0 Å². The van der Waals surface area contributed by atoms with Crippen molar-refractivity contribution in [1.29, 1.82) is 0 Å². The van der Waals surface area contributed by atoms with Gasteiger partial charge >= 0.3 is 0 Å². The van der Waals surface area contributed by atoms with Crippen LogP contribution in [0.15, 0.2) is 0 Å². The van der Waals surface area contributed by atoms with Gasteiger partial charge in [-0.2, -0.15) is 11.8 Å². The Bertz CT molecular complexity index is 56.9. The molecule has 1 atom stereocenters. The average molecular weight is 147 g/mol. The molecule has 0 spiro atoms. The third-order valence-corrected chi connectivity index (χ3v) is 2.29. The van der Waals surface area contributed by atoms with Gasteiger partial charge in [-0.1, -0.05) is 13.8 Å². The molecule has 0 saturated carbocycles. The van der Waals surface area contributed by atoms with Gasteiger partial charge in [0.05, 0.1) is 0 Å². The molecule has 0 rings (SSSR count). The monoisotopic (exact) mass is 147 g/mol. The summed E-state index contributed by atoms with van der Waals surface area (Å²) in [5.74, 6) is 3.22. The fraction of sp³-hybridized carbons (Fsp3) is 1.00. The topological polar surface area (TPSA) is 26.0 Å². The van der Waals surface area contributed by atoms with Gasteiger partial charge in [-0.05, 0) is 30.4 Å². The molecule has 1 unspecified atom stereocenters. The Kier molecular flexibility index (Phi) is 6.65. The summed E-state index contributed by atoms with van der Waals surface area (Å²) in [5, 5.41) is 0. The summed E-state index contributed by atoms with van der Waals surface area (Å²) in [6.45, 7) is 5.23. The molecule has 9 heavy (non-hydrogen) atoms. The highest BCUT2D eigenvalue weighted by atomic mass is 32.2. The molecule has 0 saturated heterocycles. The Morgan fingerprint density at radius 1 is 1.56 bits per heavy atom. The number of nitrogens with two attached hydrogens (primary N) is 1. The van der Waals surface area contributed by atoms with Crippen LogP contribution in [0.3, 0.4) is 0 Å². The molecule has 0 fully saturated rings. The fourth-order valence-corrected chi connectivity index (χ4v) is 1.40. The molecular formula is C7H17NS. The summed E-state index contributed by atoms with van der Waals surface area (Å²) in [6, 6.07) is 0. The lowest BCUT2D eigenvalue weighted by Crippen LogP contribution is -2.11. The molecule has 2 N–H and O–H groups in total. The first kappa shape index (κ1) is 9.31. The number of hydrogen-bond acceptors (Lipinski definition) is 2. The Balaban J connectivity index is 2.88. The van der Waals surface area contributed by atoms with E-state index in [1.807, 2.05) is 11.8 Å². The molecule has 2 heteroatoms. The van der Waals surface area contributed by atoms with Crippen LogP contribution in [-0.2, 0) is 0 Å². The van der Waals surface area contributed by atoms with E-state index in [2.05, 4.69) is 13.8 Å². The van der Waals surface area contributed by atoms with Gasteiger partial charge in [0.25, 0.3) is 0 Å². The zero-order chi connectivity index (χ0) is 7.11. The van der Waals surface area contributed by atoms with E-state index in [0.29, 0.717) is 5.92 Å². The molecular weight excluding hydrogens is 130 g/mol. The van der Waals surface area contributed by atoms with Crippen LogP contribution >= 0.6 is 11.8 Å². The zero-order valence-electron chi connectivity index (χ0n) is 6.39. The van der Waals surface area contributed by atoms with E-state index in [9.17, 15) is 0 Å². The van der Waals surface area contributed by atoms with E-state index in [1.54, 1.807) is 0 Å². The van der Waals surface area contributed by atoms with Gasteiger partial charge in [0.15, 0.2) is 0 Å². The van der Waals surface area contributed by atoms with Crippen LogP contribution in [0.1, 0.15) is 20.3 Å². The molecule has 0 aliphatic rings. The second-order valence-corrected chi connectivity index (χ2v) is 3.72. The normalized spacial score (nSPS) is 13.7. The molecule has 0 aromatic rings. The smallest absolute Gasteiger partial charge is 0.00512 e. The van der Waals surface area contributed by atoms with E-state index >= 15 is 0 Å². The van der Waals surface area contributed by atoms with Gasteiger partial charge < -0.3 is 5.73 Å². The van der Waals surface area contributed by atoms with Crippen LogP contribution in [0.2, 0.25) is 0 Å². The van der Waals surface area contributed by atoms with Crippen molar-refractivity contribution in [3.05, 3.63) is 0 Å². The molecule has 0 bridgehead atoms. The third kappa shape index (κ3) is 6.19. The minimum Gasteiger partial charge on any atom is -0.330 e. The fourth-order valence-electron chi connectivity index (χ4n) is 0.547. The average Bonchev–Trinajstić information content (AvgIpc) is 1.89. The van der Waals surface area contributed by atoms with Crippen molar-refractivity contribution in [3.8, 4) is 0 Å². The summed E-state index contributed by atoms with van der Waals surface area (Å²) >= 11 is 2.00. The minimum atomic E-state index is 0.712. The summed E-state index contributed by atoms with van der Waals surface area (Å²) < 4.78 is 0. The standard InChI is InChI=1S/C7H17NS/c1-3-9-5-4-7(2)6-8/h7H,3-6,8H2,1-2H3. The Morgan fingerprint density at radius 3 is 2.67 bits per heavy atom. The van der Waals surface area contributed by atoms with E-state index in [4.69, 9.17) is 5.73 Å². The van der Waals surface area contributed by atoms with E-state index in [-0.39, 0.29) is 0 Å². The Hall–Kier alpha value is 0.310. The minimum absolute atomic E-state index is 0.712. The van der Waals surface area contributed by atoms with E-state index in [1.165, 1.54) is 17.9 Å². The van der Waals surface area contributed by atoms with E-state index < -0.39 is 0 Å². The second-order valence-electron chi connectivity index (χ2n) is 2.33. The maximum absolute atomic E-state index is 5.45. The van der Waals surface area contributed by atoms with Gasteiger partial charge in [-0.25, -0.2) is 0 Å². The number of thioether (sulfide) groups is 1. The molecule has 0 aromatic carbocycles. The first-order valence-corrected chi connectivity index (χ1v) is 4.74. The van der Waals surface area contributed by atoms with Gasteiger partial charge in [0, 0.05) is 0 Å². The molecule has 56 valence electrons. The maximum Gasteiger partial charge on any atom is -0.00512 e. The van der Waals surface area contributed by atoms with Crippen LogP contribution < -0.4 is 5.73 Å². The lowest BCUT2D eigenvalue weighted by atomic mass is 10.1. The van der Waals surface area contributed by atoms with Crippen LogP contribution in [-0.4, -0.2) is 18.1 Å². The summed E-state index contributed by atoms with van der Waals surface area (Å²) in [4.78, 5) is 0. The molecule has 0 aliphatic carbocycles. The van der Waals surface area contributed by atoms with Crippen molar-refractivity contribution in [1.82, 2.24) is 0 Å². The number of rotatable bonds is 5. The molecule has 0 aliphatic heterocycles. The van der Waals surface area contributed by atoms with Gasteiger partial charge in [0.2, 0.25) is 0 Å². The lowest BCUT2D eigenvalue weighted by Gasteiger charge is -2.05. The molecule has 1 nitrogen and oxygen atoms in total. The second kappa shape index (κ2) is 6.43. The molecule has 0 aromatic heterocycles. The van der Waals surface area contributed by atoms with Crippen molar-refractivity contribution < 1.29 is 0 Å². The summed E-state index contributed by atoms with van der Waals surface area (Å²) in [6.07, 6.45) is 1.27. The lowest BCUT2D eigenvalue weighted by molar-refractivity contribution is 0.580. The van der Waals surface area contributed by atoms with Gasteiger partial charge in [-0.15, -0.1) is 0 Å². The quantitative estimate of drug-likeness (QED) is 0.599. The highest BCUT2D eigenvalue weighted by Crippen LogP contribution is 2.06. The van der Waals surface area contributed by atoms with Crippen LogP contribution in [0.25, 0.3) is 0 Å². The van der Waals surface area contributed by atoms with Crippen molar-refractivity contribution >= 4 is 11.8 Å².